The van der Waals surface area contributed by atoms with Crippen LogP contribution < -0.4 is 0 Å². The normalized spacial score (nSPS) is 29.9. The first-order valence-electron chi connectivity index (χ1n) is 7.59. The standard InChI is InChI=1S/C14H20N4O5S2/c1-6-14(24-3)25-12(15-6)7-4-18(17-16-7)5-8-9(19)10(20)11(21)13(22-2)23-8/h4,8-11,13,19-21H,5H2,1-3H3. The van der Waals surface area contributed by atoms with Crippen molar-refractivity contribution in [2.24, 2.45) is 0 Å². The van der Waals surface area contributed by atoms with E-state index in [1.165, 1.54) is 23.1 Å². The zero-order valence-electron chi connectivity index (χ0n) is 13.9. The van der Waals surface area contributed by atoms with E-state index in [2.05, 4.69) is 15.3 Å². The van der Waals surface area contributed by atoms with Crippen LogP contribution in [-0.2, 0) is 16.0 Å². The monoisotopic (exact) mass is 388 g/mol. The fourth-order valence-corrected chi connectivity index (χ4v) is 4.27. The van der Waals surface area contributed by atoms with E-state index in [4.69, 9.17) is 9.47 Å². The van der Waals surface area contributed by atoms with E-state index in [9.17, 15) is 15.3 Å². The molecule has 0 aromatic carbocycles. The van der Waals surface area contributed by atoms with Gasteiger partial charge in [-0.2, -0.15) is 0 Å². The van der Waals surface area contributed by atoms with Crippen LogP contribution in [0, 0.1) is 6.92 Å². The number of ether oxygens (including phenoxy) is 2. The first kappa shape index (κ1) is 18.7. The molecule has 0 spiro atoms. The van der Waals surface area contributed by atoms with E-state index in [0.29, 0.717) is 5.69 Å². The highest BCUT2D eigenvalue weighted by atomic mass is 32.2. The molecule has 1 fully saturated rings. The van der Waals surface area contributed by atoms with Crippen molar-refractivity contribution in [2.45, 2.75) is 48.4 Å². The van der Waals surface area contributed by atoms with Gasteiger partial charge in [0.1, 0.15) is 35.1 Å². The van der Waals surface area contributed by atoms with Crippen molar-refractivity contribution in [3.05, 3.63) is 11.9 Å². The lowest BCUT2D eigenvalue weighted by atomic mass is 9.99. The summed E-state index contributed by atoms with van der Waals surface area (Å²) in [5, 5.41) is 38.7. The Kier molecular flexibility index (Phi) is 5.73. The molecule has 138 valence electrons. The summed E-state index contributed by atoms with van der Waals surface area (Å²) in [6.07, 6.45) is -2.05. The molecule has 0 bridgehead atoms. The summed E-state index contributed by atoms with van der Waals surface area (Å²) in [4.78, 5) is 4.48. The maximum absolute atomic E-state index is 10.1. The van der Waals surface area contributed by atoms with Crippen molar-refractivity contribution in [3.8, 4) is 10.7 Å². The van der Waals surface area contributed by atoms with E-state index in [1.54, 1.807) is 18.0 Å². The van der Waals surface area contributed by atoms with Crippen LogP contribution in [0.15, 0.2) is 10.4 Å². The third kappa shape index (κ3) is 3.72. The lowest BCUT2D eigenvalue weighted by molar-refractivity contribution is -0.292. The van der Waals surface area contributed by atoms with Gasteiger partial charge in [0.2, 0.25) is 0 Å². The van der Waals surface area contributed by atoms with Crippen LogP contribution in [0.4, 0.5) is 0 Å². The first-order valence-corrected chi connectivity index (χ1v) is 9.63. The second-order valence-corrected chi connectivity index (χ2v) is 7.75. The van der Waals surface area contributed by atoms with Gasteiger partial charge in [-0.15, -0.1) is 28.2 Å². The molecule has 3 rings (SSSR count). The summed E-state index contributed by atoms with van der Waals surface area (Å²) in [5.41, 5.74) is 1.58. The summed E-state index contributed by atoms with van der Waals surface area (Å²) >= 11 is 3.17. The lowest BCUT2D eigenvalue weighted by Gasteiger charge is -2.39. The van der Waals surface area contributed by atoms with E-state index in [-0.39, 0.29) is 6.54 Å². The van der Waals surface area contributed by atoms with Crippen molar-refractivity contribution < 1.29 is 24.8 Å². The molecular formula is C14H20N4O5S2. The summed E-state index contributed by atoms with van der Waals surface area (Å²) in [6, 6.07) is 0. The van der Waals surface area contributed by atoms with Crippen LogP contribution >= 0.6 is 23.1 Å². The van der Waals surface area contributed by atoms with Gasteiger partial charge in [0.05, 0.1) is 22.6 Å². The number of aromatic nitrogens is 4. The summed E-state index contributed by atoms with van der Waals surface area (Å²) < 4.78 is 13.1. The molecule has 3 N–H and O–H groups in total. The Balaban J connectivity index is 1.74. The Morgan fingerprint density at radius 2 is 2.08 bits per heavy atom. The van der Waals surface area contributed by atoms with Crippen LogP contribution in [0.1, 0.15) is 5.69 Å². The molecule has 0 radical (unpaired) electrons. The predicted octanol–water partition coefficient (Wildman–Crippen LogP) is -0.114. The number of methoxy groups -OCH3 is 1. The second-order valence-electron chi connectivity index (χ2n) is 5.67. The van der Waals surface area contributed by atoms with Crippen LogP contribution in [0.5, 0.6) is 0 Å². The zero-order valence-corrected chi connectivity index (χ0v) is 15.6. The molecule has 0 aliphatic carbocycles. The maximum atomic E-state index is 10.1. The number of thiazole rings is 1. The molecule has 0 amide bonds. The van der Waals surface area contributed by atoms with Crippen LogP contribution in [-0.4, -0.2) is 79.4 Å². The highest BCUT2D eigenvalue weighted by Crippen LogP contribution is 2.32. The predicted molar refractivity (Wildman–Crippen MR) is 91.3 cm³/mol. The molecule has 1 saturated heterocycles. The highest BCUT2D eigenvalue weighted by molar-refractivity contribution is 8.00. The van der Waals surface area contributed by atoms with Crippen molar-refractivity contribution >= 4 is 23.1 Å². The van der Waals surface area contributed by atoms with E-state index >= 15 is 0 Å². The Hall–Kier alpha value is -1.08. The van der Waals surface area contributed by atoms with Gasteiger partial charge in [0.15, 0.2) is 6.29 Å². The minimum absolute atomic E-state index is 0.150. The topological polar surface area (TPSA) is 123 Å². The molecule has 3 heterocycles. The molecule has 1 aliphatic rings. The second kappa shape index (κ2) is 7.66. The fraction of sp³-hybridized carbons (Fsp3) is 0.643. The average molecular weight is 388 g/mol. The fourth-order valence-electron chi connectivity index (χ4n) is 2.61. The lowest BCUT2D eigenvalue weighted by Crippen LogP contribution is -2.58. The van der Waals surface area contributed by atoms with Gasteiger partial charge in [0, 0.05) is 7.11 Å². The van der Waals surface area contributed by atoms with Crippen molar-refractivity contribution in [1.82, 2.24) is 20.0 Å². The average Bonchev–Trinajstić information content (AvgIpc) is 3.21. The third-order valence-electron chi connectivity index (χ3n) is 3.97. The molecule has 2 aromatic heterocycles. The summed E-state index contributed by atoms with van der Waals surface area (Å²) in [7, 11) is 1.36. The Morgan fingerprint density at radius 3 is 2.72 bits per heavy atom. The number of hydrogen-bond donors (Lipinski definition) is 3. The van der Waals surface area contributed by atoms with Crippen LogP contribution in [0.2, 0.25) is 0 Å². The number of aryl methyl sites for hydroxylation is 1. The first-order chi connectivity index (χ1) is 11.9. The summed E-state index contributed by atoms with van der Waals surface area (Å²) in [5.74, 6) is 0. The molecule has 5 atom stereocenters. The van der Waals surface area contributed by atoms with Gasteiger partial charge in [-0.25, -0.2) is 9.67 Å². The maximum Gasteiger partial charge on any atom is 0.186 e. The number of nitrogens with zero attached hydrogens (tertiary/aromatic N) is 4. The van der Waals surface area contributed by atoms with E-state index in [0.717, 1.165) is 14.9 Å². The minimum Gasteiger partial charge on any atom is -0.388 e. The zero-order chi connectivity index (χ0) is 18.1. The number of aliphatic hydroxyl groups is 3. The molecule has 9 nitrogen and oxygen atoms in total. The Labute approximate surface area is 152 Å². The number of aliphatic hydroxyl groups excluding tert-OH is 3. The Morgan fingerprint density at radius 1 is 1.32 bits per heavy atom. The van der Waals surface area contributed by atoms with Gasteiger partial charge in [-0.05, 0) is 13.2 Å². The Bertz CT molecular complexity index is 722. The van der Waals surface area contributed by atoms with Crippen molar-refractivity contribution in [3.63, 3.8) is 0 Å². The van der Waals surface area contributed by atoms with Crippen molar-refractivity contribution in [1.29, 1.82) is 0 Å². The highest BCUT2D eigenvalue weighted by Gasteiger charge is 2.44. The van der Waals surface area contributed by atoms with Gasteiger partial charge >= 0.3 is 0 Å². The van der Waals surface area contributed by atoms with Gasteiger partial charge < -0.3 is 24.8 Å². The van der Waals surface area contributed by atoms with E-state index < -0.39 is 30.7 Å². The summed E-state index contributed by atoms with van der Waals surface area (Å²) in [6.45, 7) is 2.09. The van der Waals surface area contributed by atoms with Crippen LogP contribution in [0.3, 0.4) is 0 Å². The van der Waals surface area contributed by atoms with Gasteiger partial charge in [0.25, 0.3) is 0 Å². The van der Waals surface area contributed by atoms with Gasteiger partial charge in [-0.1, -0.05) is 5.21 Å². The number of hydrogen-bond acceptors (Lipinski definition) is 10. The number of rotatable bonds is 5. The minimum atomic E-state index is -1.36. The molecule has 1 aliphatic heterocycles. The van der Waals surface area contributed by atoms with Crippen molar-refractivity contribution in [2.75, 3.05) is 13.4 Å². The van der Waals surface area contributed by atoms with E-state index in [1.807, 2.05) is 13.2 Å². The molecular weight excluding hydrogens is 368 g/mol. The molecule has 11 heteroatoms. The quantitative estimate of drug-likeness (QED) is 0.602. The number of thioether (sulfide) groups is 1. The van der Waals surface area contributed by atoms with Crippen LogP contribution in [0.25, 0.3) is 10.7 Å². The molecule has 0 saturated carbocycles. The largest absolute Gasteiger partial charge is 0.388 e. The smallest absolute Gasteiger partial charge is 0.186 e. The van der Waals surface area contributed by atoms with Gasteiger partial charge in [-0.3, -0.25) is 0 Å². The SMILES string of the molecule is COC1OC(Cn2cc(-c3nc(C)c(SC)s3)nn2)C(O)C(O)C1O. The third-order valence-corrected chi connectivity index (χ3v) is 6.36. The molecule has 2 aromatic rings. The molecule has 5 unspecified atom stereocenters. The molecule has 25 heavy (non-hydrogen) atoms.